The van der Waals surface area contributed by atoms with Gasteiger partial charge in [0.2, 0.25) is 0 Å². The van der Waals surface area contributed by atoms with Crippen molar-refractivity contribution in [2.24, 2.45) is 5.92 Å². The molecule has 0 saturated carbocycles. The third-order valence-corrected chi connectivity index (χ3v) is 3.24. The molecule has 0 radical (unpaired) electrons. The molecule has 21 heavy (non-hydrogen) atoms. The molecule has 0 aliphatic carbocycles. The zero-order chi connectivity index (χ0) is 15.5. The molecule has 0 unspecified atom stereocenters. The van der Waals surface area contributed by atoms with Crippen molar-refractivity contribution < 1.29 is 14.6 Å². The van der Waals surface area contributed by atoms with Crippen LogP contribution in [0.3, 0.4) is 0 Å². The standard InChI is InChI=1S/C18H26O3/c1-15(2)7-5-3-4-6-14-21-17-11-8-16(9-12-17)10-13-18(19)20/h8-13,15H,3-7,14H2,1-2H3,(H,19,20). The summed E-state index contributed by atoms with van der Waals surface area (Å²) >= 11 is 0. The largest absolute Gasteiger partial charge is 0.494 e. The summed E-state index contributed by atoms with van der Waals surface area (Å²) in [6.07, 6.45) is 8.90. The van der Waals surface area contributed by atoms with Crippen molar-refractivity contribution in [1.29, 1.82) is 0 Å². The van der Waals surface area contributed by atoms with Crippen LogP contribution in [0.5, 0.6) is 5.75 Å². The first-order valence-electron chi connectivity index (χ1n) is 7.72. The van der Waals surface area contributed by atoms with E-state index in [1.165, 1.54) is 25.7 Å². The van der Waals surface area contributed by atoms with Crippen molar-refractivity contribution in [3.8, 4) is 5.75 Å². The first-order chi connectivity index (χ1) is 10.1. The first kappa shape index (κ1) is 17.3. The van der Waals surface area contributed by atoms with Crippen LogP contribution in [-0.2, 0) is 4.79 Å². The van der Waals surface area contributed by atoms with E-state index < -0.39 is 5.97 Å². The van der Waals surface area contributed by atoms with Gasteiger partial charge >= 0.3 is 5.97 Å². The number of carboxylic acid groups (broad SMARTS) is 1. The van der Waals surface area contributed by atoms with E-state index in [0.29, 0.717) is 0 Å². The molecular formula is C18H26O3. The molecule has 1 aromatic carbocycles. The van der Waals surface area contributed by atoms with Gasteiger partial charge in [-0.3, -0.25) is 0 Å². The van der Waals surface area contributed by atoms with E-state index in [4.69, 9.17) is 9.84 Å². The molecule has 1 rings (SSSR count). The van der Waals surface area contributed by atoms with Crippen molar-refractivity contribution >= 4 is 12.0 Å². The molecule has 0 aliphatic rings. The topological polar surface area (TPSA) is 46.5 Å². The van der Waals surface area contributed by atoms with E-state index in [1.54, 1.807) is 6.08 Å². The SMILES string of the molecule is CC(C)CCCCCCOc1ccc(C=CC(=O)O)cc1. The number of carbonyl (C=O) groups is 1. The summed E-state index contributed by atoms with van der Waals surface area (Å²) in [5.74, 6) is 0.701. The van der Waals surface area contributed by atoms with E-state index in [-0.39, 0.29) is 0 Å². The van der Waals surface area contributed by atoms with E-state index in [2.05, 4.69) is 13.8 Å². The van der Waals surface area contributed by atoms with Gasteiger partial charge in [0.05, 0.1) is 6.61 Å². The van der Waals surface area contributed by atoms with Crippen molar-refractivity contribution in [3.63, 3.8) is 0 Å². The van der Waals surface area contributed by atoms with Gasteiger partial charge in [-0.05, 0) is 36.1 Å². The molecule has 116 valence electrons. The molecule has 0 aromatic heterocycles. The Balaban J connectivity index is 2.17. The van der Waals surface area contributed by atoms with Crippen molar-refractivity contribution in [2.75, 3.05) is 6.61 Å². The second-order valence-electron chi connectivity index (χ2n) is 5.69. The maximum absolute atomic E-state index is 10.4. The zero-order valence-corrected chi connectivity index (χ0v) is 13.0. The molecular weight excluding hydrogens is 264 g/mol. The predicted molar refractivity (Wildman–Crippen MR) is 86.5 cm³/mol. The van der Waals surface area contributed by atoms with Crippen LogP contribution in [-0.4, -0.2) is 17.7 Å². The quantitative estimate of drug-likeness (QED) is 0.498. The number of rotatable bonds is 10. The van der Waals surface area contributed by atoms with Crippen molar-refractivity contribution in [3.05, 3.63) is 35.9 Å². The van der Waals surface area contributed by atoms with Gasteiger partial charge < -0.3 is 9.84 Å². The number of hydrogen-bond acceptors (Lipinski definition) is 2. The van der Waals surface area contributed by atoms with Gasteiger partial charge in [-0.25, -0.2) is 4.79 Å². The fraction of sp³-hybridized carbons (Fsp3) is 0.500. The van der Waals surface area contributed by atoms with E-state index in [9.17, 15) is 4.79 Å². The molecule has 0 aliphatic heterocycles. The normalized spacial score (nSPS) is 11.2. The Morgan fingerprint density at radius 2 is 1.81 bits per heavy atom. The Labute approximate surface area is 127 Å². The number of benzene rings is 1. The van der Waals surface area contributed by atoms with Gasteiger partial charge in [-0.2, -0.15) is 0 Å². The zero-order valence-electron chi connectivity index (χ0n) is 13.0. The van der Waals surface area contributed by atoms with Crippen LogP contribution in [0.15, 0.2) is 30.3 Å². The molecule has 3 heteroatoms. The summed E-state index contributed by atoms with van der Waals surface area (Å²) < 4.78 is 5.67. The van der Waals surface area contributed by atoms with Gasteiger partial charge in [0.25, 0.3) is 0 Å². The number of ether oxygens (including phenoxy) is 1. The van der Waals surface area contributed by atoms with Gasteiger partial charge in [-0.1, -0.05) is 51.7 Å². The summed E-state index contributed by atoms with van der Waals surface area (Å²) in [6, 6.07) is 7.47. The average molecular weight is 290 g/mol. The van der Waals surface area contributed by atoms with Gasteiger partial charge in [0, 0.05) is 6.08 Å². The highest BCUT2D eigenvalue weighted by atomic mass is 16.5. The molecule has 1 aromatic rings. The highest BCUT2D eigenvalue weighted by Gasteiger charge is 1.97. The fourth-order valence-electron chi connectivity index (χ4n) is 2.04. The molecule has 0 amide bonds. The Morgan fingerprint density at radius 3 is 2.43 bits per heavy atom. The maximum atomic E-state index is 10.4. The number of unbranched alkanes of at least 4 members (excludes halogenated alkanes) is 3. The highest BCUT2D eigenvalue weighted by Crippen LogP contribution is 2.14. The molecule has 0 spiro atoms. The van der Waals surface area contributed by atoms with Crippen molar-refractivity contribution in [2.45, 2.75) is 46.0 Å². The Kier molecular flexibility index (Phi) is 8.25. The van der Waals surface area contributed by atoms with Gasteiger partial charge in [0.1, 0.15) is 5.75 Å². The van der Waals surface area contributed by atoms with E-state index in [1.807, 2.05) is 24.3 Å². The van der Waals surface area contributed by atoms with Crippen LogP contribution in [0.4, 0.5) is 0 Å². The summed E-state index contributed by atoms with van der Waals surface area (Å²) in [5, 5.41) is 8.55. The fourth-order valence-corrected chi connectivity index (χ4v) is 2.04. The van der Waals surface area contributed by atoms with E-state index >= 15 is 0 Å². The smallest absolute Gasteiger partial charge is 0.328 e. The minimum Gasteiger partial charge on any atom is -0.494 e. The summed E-state index contributed by atoms with van der Waals surface area (Å²) in [7, 11) is 0. The average Bonchev–Trinajstić information content (AvgIpc) is 2.45. The summed E-state index contributed by atoms with van der Waals surface area (Å²) in [5.41, 5.74) is 0.860. The molecule has 0 atom stereocenters. The second-order valence-corrected chi connectivity index (χ2v) is 5.69. The lowest BCUT2D eigenvalue weighted by Gasteiger charge is -2.07. The number of aliphatic carboxylic acids is 1. The number of carboxylic acids is 1. The van der Waals surface area contributed by atoms with Crippen LogP contribution in [0.2, 0.25) is 0 Å². The van der Waals surface area contributed by atoms with Gasteiger partial charge in [0.15, 0.2) is 0 Å². The molecule has 0 bridgehead atoms. The highest BCUT2D eigenvalue weighted by molar-refractivity contribution is 5.85. The summed E-state index contributed by atoms with van der Waals surface area (Å²) in [4.78, 5) is 10.4. The predicted octanol–water partition coefficient (Wildman–Crippen LogP) is 4.77. The van der Waals surface area contributed by atoms with Crippen LogP contribution >= 0.6 is 0 Å². The second kappa shape index (κ2) is 10.0. The van der Waals surface area contributed by atoms with E-state index in [0.717, 1.165) is 36.3 Å². The molecule has 0 saturated heterocycles. The molecule has 3 nitrogen and oxygen atoms in total. The minimum atomic E-state index is -0.937. The Morgan fingerprint density at radius 1 is 1.14 bits per heavy atom. The Hall–Kier alpha value is -1.77. The Bertz CT molecular complexity index is 432. The molecule has 0 fully saturated rings. The summed E-state index contributed by atoms with van der Waals surface area (Å²) in [6.45, 7) is 5.27. The number of hydrogen-bond donors (Lipinski definition) is 1. The molecule has 0 heterocycles. The van der Waals surface area contributed by atoms with Gasteiger partial charge in [-0.15, -0.1) is 0 Å². The third kappa shape index (κ3) is 8.90. The minimum absolute atomic E-state index is 0.742. The third-order valence-electron chi connectivity index (χ3n) is 3.24. The first-order valence-corrected chi connectivity index (χ1v) is 7.72. The lowest BCUT2D eigenvalue weighted by molar-refractivity contribution is -0.131. The lowest BCUT2D eigenvalue weighted by Crippen LogP contribution is -1.97. The lowest BCUT2D eigenvalue weighted by atomic mass is 10.0. The monoisotopic (exact) mass is 290 g/mol. The van der Waals surface area contributed by atoms with Crippen molar-refractivity contribution in [1.82, 2.24) is 0 Å². The van der Waals surface area contributed by atoms with Crippen LogP contribution in [0, 0.1) is 5.92 Å². The van der Waals surface area contributed by atoms with Crippen LogP contribution < -0.4 is 4.74 Å². The molecule has 1 N–H and O–H groups in total. The van der Waals surface area contributed by atoms with Crippen LogP contribution in [0.1, 0.15) is 51.5 Å². The maximum Gasteiger partial charge on any atom is 0.328 e. The van der Waals surface area contributed by atoms with Crippen LogP contribution in [0.25, 0.3) is 6.08 Å².